The summed E-state index contributed by atoms with van der Waals surface area (Å²) in [6.45, 7) is 3.75. The first kappa shape index (κ1) is 16.0. The highest BCUT2D eigenvalue weighted by atomic mass is 32.2. The van der Waals surface area contributed by atoms with E-state index in [1.165, 1.54) is 5.56 Å². The molecule has 0 radical (unpaired) electrons. The largest absolute Gasteiger partial charge is 0.271 e. The van der Waals surface area contributed by atoms with Crippen LogP contribution >= 0.6 is 24.6 Å². The van der Waals surface area contributed by atoms with Crippen molar-refractivity contribution in [1.82, 2.24) is 15.0 Å². The first-order chi connectivity index (χ1) is 10.2. The minimum atomic E-state index is 0.424. The number of hydrogen-bond acceptors (Lipinski definition) is 6. The Morgan fingerprint density at radius 1 is 1.10 bits per heavy atom. The van der Waals surface area contributed by atoms with Crippen LogP contribution in [0.4, 0.5) is 0 Å². The zero-order chi connectivity index (χ0) is 15.1. The SMILES string of the molecule is C=Cc1ccc(CCCCc2nc(S)nc(SN)n2)cc1. The molecule has 4 nitrogen and oxygen atoms in total. The molecular weight excluding hydrogens is 300 g/mol. The molecule has 0 unspecified atom stereocenters. The zero-order valence-corrected chi connectivity index (χ0v) is 13.4. The Morgan fingerprint density at radius 3 is 2.48 bits per heavy atom. The molecule has 110 valence electrons. The number of hydrogen-bond donors (Lipinski definition) is 2. The minimum absolute atomic E-state index is 0.424. The molecule has 1 aromatic heterocycles. The molecule has 0 spiro atoms. The number of rotatable bonds is 7. The number of aryl methyl sites for hydroxylation is 2. The number of aromatic nitrogens is 3. The number of thiol groups is 1. The van der Waals surface area contributed by atoms with Crippen molar-refractivity contribution in [1.29, 1.82) is 0 Å². The smallest absolute Gasteiger partial charge is 0.206 e. The van der Waals surface area contributed by atoms with Crippen LogP contribution in [0.15, 0.2) is 41.2 Å². The standard InChI is InChI=1S/C15H18N4S2/c1-2-11-7-9-12(10-8-11)5-3-4-6-13-17-14(20)19-15(18-13)21-16/h2,7-10H,1,3-6,16H2,(H,17,18,19,20). The molecule has 21 heavy (non-hydrogen) atoms. The molecule has 0 aliphatic heterocycles. The maximum absolute atomic E-state index is 5.46. The Hall–Kier alpha value is -1.37. The first-order valence-electron chi connectivity index (χ1n) is 6.73. The molecule has 0 atom stereocenters. The van der Waals surface area contributed by atoms with Crippen molar-refractivity contribution in [3.8, 4) is 0 Å². The minimum Gasteiger partial charge on any atom is -0.271 e. The lowest BCUT2D eigenvalue weighted by molar-refractivity contribution is 0.665. The van der Waals surface area contributed by atoms with Gasteiger partial charge in [0.1, 0.15) is 5.82 Å². The van der Waals surface area contributed by atoms with Gasteiger partial charge in [-0.1, -0.05) is 36.9 Å². The Balaban J connectivity index is 1.81. The molecule has 2 rings (SSSR count). The third-order valence-electron chi connectivity index (χ3n) is 3.09. The predicted octanol–water partition coefficient (Wildman–Crippen LogP) is 3.33. The molecule has 0 bridgehead atoms. The summed E-state index contributed by atoms with van der Waals surface area (Å²) in [6.07, 6.45) is 5.83. The molecule has 2 N–H and O–H groups in total. The predicted molar refractivity (Wildman–Crippen MR) is 90.3 cm³/mol. The van der Waals surface area contributed by atoms with Crippen LogP contribution in [0, 0.1) is 0 Å². The Kier molecular flexibility index (Phi) is 6.22. The highest BCUT2D eigenvalue weighted by molar-refractivity contribution is 7.96. The maximum Gasteiger partial charge on any atom is 0.206 e. The fourth-order valence-corrected chi connectivity index (χ4v) is 2.56. The Labute approximate surface area is 134 Å². The summed E-state index contributed by atoms with van der Waals surface area (Å²) in [5, 5.41) is 6.41. The van der Waals surface area contributed by atoms with Gasteiger partial charge in [-0.05, 0) is 42.3 Å². The molecule has 0 saturated heterocycles. The van der Waals surface area contributed by atoms with Crippen LogP contribution < -0.4 is 5.14 Å². The summed E-state index contributed by atoms with van der Waals surface area (Å²) in [4.78, 5) is 12.5. The van der Waals surface area contributed by atoms with Crippen molar-refractivity contribution in [3.05, 3.63) is 47.8 Å². The quantitative estimate of drug-likeness (QED) is 0.466. The van der Waals surface area contributed by atoms with Gasteiger partial charge in [-0.25, -0.2) is 9.97 Å². The number of benzene rings is 1. The average molecular weight is 318 g/mol. The second kappa shape index (κ2) is 8.17. The Bertz CT molecular complexity index is 599. The normalized spacial score (nSPS) is 10.6. The fourth-order valence-electron chi connectivity index (χ4n) is 1.98. The van der Waals surface area contributed by atoms with Crippen LogP contribution in [0.25, 0.3) is 6.08 Å². The average Bonchev–Trinajstić information content (AvgIpc) is 2.51. The van der Waals surface area contributed by atoms with Crippen molar-refractivity contribution < 1.29 is 0 Å². The van der Waals surface area contributed by atoms with Crippen molar-refractivity contribution in [2.24, 2.45) is 5.14 Å². The molecule has 1 aromatic carbocycles. The van der Waals surface area contributed by atoms with Crippen molar-refractivity contribution >= 4 is 30.7 Å². The fraction of sp³-hybridized carbons (Fsp3) is 0.267. The molecule has 0 aliphatic rings. The summed E-state index contributed by atoms with van der Waals surface area (Å²) in [5.74, 6) is 0.755. The van der Waals surface area contributed by atoms with E-state index in [0.717, 1.165) is 49.0 Å². The monoisotopic (exact) mass is 318 g/mol. The van der Waals surface area contributed by atoms with E-state index in [0.29, 0.717) is 10.3 Å². The van der Waals surface area contributed by atoms with Gasteiger partial charge in [0.15, 0.2) is 5.16 Å². The number of nitrogens with zero attached hydrogens (tertiary/aromatic N) is 3. The zero-order valence-electron chi connectivity index (χ0n) is 11.7. The van der Waals surface area contributed by atoms with Crippen LogP contribution in [0.2, 0.25) is 0 Å². The van der Waals surface area contributed by atoms with Crippen LogP contribution in [0.1, 0.15) is 29.8 Å². The van der Waals surface area contributed by atoms with E-state index in [1.54, 1.807) is 0 Å². The topological polar surface area (TPSA) is 64.7 Å². The van der Waals surface area contributed by atoms with Gasteiger partial charge in [-0.3, -0.25) is 5.14 Å². The van der Waals surface area contributed by atoms with Gasteiger partial charge < -0.3 is 0 Å². The molecular formula is C15H18N4S2. The van der Waals surface area contributed by atoms with E-state index in [-0.39, 0.29) is 0 Å². The van der Waals surface area contributed by atoms with Crippen molar-refractivity contribution in [3.63, 3.8) is 0 Å². The first-order valence-corrected chi connectivity index (χ1v) is 8.06. The van der Waals surface area contributed by atoms with Gasteiger partial charge in [0.2, 0.25) is 5.16 Å². The highest BCUT2D eigenvalue weighted by Gasteiger charge is 2.04. The number of nitrogens with two attached hydrogens (primary N) is 1. The van der Waals surface area contributed by atoms with E-state index in [1.807, 2.05) is 6.08 Å². The maximum atomic E-state index is 5.46. The number of unbranched alkanes of at least 4 members (excludes halogenated alkanes) is 1. The molecule has 1 heterocycles. The summed E-state index contributed by atoms with van der Waals surface area (Å²) in [5.41, 5.74) is 2.49. The summed E-state index contributed by atoms with van der Waals surface area (Å²) in [6, 6.07) is 8.47. The van der Waals surface area contributed by atoms with E-state index >= 15 is 0 Å². The van der Waals surface area contributed by atoms with E-state index < -0.39 is 0 Å². The van der Waals surface area contributed by atoms with Gasteiger partial charge in [0.25, 0.3) is 0 Å². The summed E-state index contributed by atoms with van der Waals surface area (Å²) < 4.78 is 0. The third kappa shape index (κ3) is 5.15. The summed E-state index contributed by atoms with van der Waals surface area (Å²) in [7, 11) is 0. The lowest BCUT2D eigenvalue weighted by Gasteiger charge is -2.04. The lowest BCUT2D eigenvalue weighted by atomic mass is 10.1. The van der Waals surface area contributed by atoms with E-state index in [9.17, 15) is 0 Å². The second-order valence-electron chi connectivity index (χ2n) is 4.60. The molecule has 0 amide bonds. The molecule has 0 saturated carbocycles. The summed E-state index contributed by atoms with van der Waals surface area (Å²) >= 11 is 5.18. The van der Waals surface area contributed by atoms with Crippen LogP contribution in [0.3, 0.4) is 0 Å². The van der Waals surface area contributed by atoms with Crippen LogP contribution in [-0.4, -0.2) is 15.0 Å². The highest BCUT2D eigenvalue weighted by Crippen LogP contribution is 2.12. The third-order valence-corrected chi connectivity index (χ3v) is 3.68. The molecule has 0 aliphatic carbocycles. The Morgan fingerprint density at radius 2 is 1.81 bits per heavy atom. The van der Waals surface area contributed by atoms with Gasteiger partial charge >= 0.3 is 0 Å². The van der Waals surface area contributed by atoms with Gasteiger partial charge in [-0.15, -0.1) is 12.6 Å². The van der Waals surface area contributed by atoms with Gasteiger partial charge in [0, 0.05) is 6.42 Å². The van der Waals surface area contributed by atoms with Crippen LogP contribution in [-0.2, 0) is 12.8 Å². The van der Waals surface area contributed by atoms with Crippen molar-refractivity contribution in [2.45, 2.75) is 36.0 Å². The van der Waals surface area contributed by atoms with E-state index in [4.69, 9.17) is 5.14 Å². The second-order valence-corrected chi connectivity index (χ2v) is 5.61. The van der Waals surface area contributed by atoms with Crippen molar-refractivity contribution in [2.75, 3.05) is 0 Å². The molecule has 6 heteroatoms. The van der Waals surface area contributed by atoms with Crippen LogP contribution in [0.5, 0.6) is 0 Å². The van der Waals surface area contributed by atoms with E-state index in [2.05, 4.69) is 58.4 Å². The molecule has 2 aromatic rings. The molecule has 0 fully saturated rings. The van der Waals surface area contributed by atoms with Gasteiger partial charge in [-0.2, -0.15) is 4.98 Å². The lowest BCUT2D eigenvalue weighted by Crippen LogP contribution is -2.02. The van der Waals surface area contributed by atoms with Gasteiger partial charge in [0.05, 0.1) is 0 Å².